The average Bonchev–Trinajstić information content (AvgIpc) is 3.23. The van der Waals surface area contributed by atoms with Gasteiger partial charge in [-0.05, 0) is 52.0 Å². The number of rotatable bonds is 12. The first-order valence-electron chi connectivity index (χ1n) is 10.4. The molecule has 0 bridgehead atoms. The second kappa shape index (κ2) is 12.1. The minimum atomic E-state index is -0.993. The number of benzene rings is 1. The van der Waals surface area contributed by atoms with E-state index < -0.39 is 12.1 Å². The smallest absolute Gasteiger partial charge is 0.339 e. The molecule has 1 heterocycles. The normalized spacial score (nSPS) is 11.4. The predicted molar refractivity (Wildman–Crippen MR) is 121 cm³/mol. The topological polar surface area (TPSA) is 100 Å². The molecule has 2 aromatic rings. The van der Waals surface area contributed by atoms with E-state index in [1.165, 1.54) is 37.3 Å². The van der Waals surface area contributed by atoms with E-state index in [1.54, 1.807) is 12.1 Å². The fourth-order valence-electron chi connectivity index (χ4n) is 2.81. The molecule has 8 nitrogen and oxygen atoms in total. The summed E-state index contributed by atoms with van der Waals surface area (Å²) in [7, 11) is 0. The largest absolute Gasteiger partial charge is 0.490 e. The summed E-state index contributed by atoms with van der Waals surface area (Å²) in [5.74, 6) is 0.00684. The Morgan fingerprint density at radius 2 is 1.56 bits per heavy atom. The van der Waals surface area contributed by atoms with Gasteiger partial charge in [-0.2, -0.15) is 0 Å². The summed E-state index contributed by atoms with van der Waals surface area (Å²) >= 11 is 1.25. The van der Waals surface area contributed by atoms with Crippen LogP contribution in [0.25, 0.3) is 0 Å². The molecule has 1 amide bonds. The molecule has 1 aromatic carbocycles. The Morgan fingerprint density at radius 1 is 0.969 bits per heavy atom. The van der Waals surface area contributed by atoms with Gasteiger partial charge in [-0.3, -0.25) is 9.59 Å². The summed E-state index contributed by atoms with van der Waals surface area (Å²) < 4.78 is 22.3. The maximum absolute atomic E-state index is 12.8. The molecule has 1 N–H and O–H groups in total. The highest BCUT2D eigenvalue weighted by atomic mass is 32.1. The van der Waals surface area contributed by atoms with E-state index in [-0.39, 0.29) is 17.3 Å². The van der Waals surface area contributed by atoms with Gasteiger partial charge in [0.05, 0.1) is 36.8 Å². The van der Waals surface area contributed by atoms with Crippen LogP contribution in [0.4, 0.5) is 0 Å². The Kier molecular flexibility index (Phi) is 9.52. The molecular formula is C23H29NO7S. The Bertz CT molecular complexity index is 927. The van der Waals surface area contributed by atoms with Crippen molar-refractivity contribution in [1.29, 1.82) is 0 Å². The van der Waals surface area contributed by atoms with Gasteiger partial charge in [-0.1, -0.05) is 0 Å². The molecular weight excluding hydrogens is 434 g/mol. The average molecular weight is 464 g/mol. The van der Waals surface area contributed by atoms with Gasteiger partial charge in [-0.15, -0.1) is 11.3 Å². The van der Waals surface area contributed by atoms with Crippen molar-refractivity contribution in [3.05, 3.63) is 39.6 Å². The van der Waals surface area contributed by atoms with Crippen LogP contribution < -0.4 is 19.5 Å². The van der Waals surface area contributed by atoms with Crippen LogP contribution in [0.1, 0.15) is 59.5 Å². The van der Waals surface area contributed by atoms with E-state index in [4.69, 9.17) is 18.9 Å². The Hall–Kier alpha value is -3.07. The maximum Gasteiger partial charge on any atom is 0.339 e. The molecule has 9 heteroatoms. The standard InChI is InChI=1S/C23H29NO7S/c1-6-28-18-11-16(12-19(29-7-2)22(18)30-8-3)23(27)31-14(4)21(26)20-10-9-17(32-20)13-24-15(5)25/h9-12,14H,6-8,13H2,1-5H3,(H,24,25). The molecule has 1 aromatic heterocycles. The molecule has 1 unspecified atom stereocenters. The van der Waals surface area contributed by atoms with Crippen LogP contribution in [-0.4, -0.2) is 43.6 Å². The van der Waals surface area contributed by atoms with Crippen LogP contribution in [-0.2, 0) is 16.1 Å². The highest BCUT2D eigenvalue weighted by Gasteiger charge is 2.24. The van der Waals surface area contributed by atoms with E-state index in [1.807, 2.05) is 20.8 Å². The van der Waals surface area contributed by atoms with Crippen LogP contribution in [0.15, 0.2) is 24.3 Å². The molecule has 0 spiro atoms. The molecule has 0 aliphatic heterocycles. The van der Waals surface area contributed by atoms with Gasteiger partial charge < -0.3 is 24.3 Å². The first-order chi connectivity index (χ1) is 15.3. The van der Waals surface area contributed by atoms with E-state index in [0.29, 0.717) is 48.5 Å². The van der Waals surface area contributed by atoms with Crippen LogP contribution in [0.3, 0.4) is 0 Å². The summed E-state index contributed by atoms with van der Waals surface area (Å²) in [5.41, 5.74) is 0.192. The maximum atomic E-state index is 12.8. The monoisotopic (exact) mass is 463 g/mol. The van der Waals surface area contributed by atoms with Gasteiger partial charge in [0.25, 0.3) is 0 Å². The van der Waals surface area contributed by atoms with Gasteiger partial charge in [0.1, 0.15) is 0 Å². The van der Waals surface area contributed by atoms with Gasteiger partial charge in [0, 0.05) is 11.8 Å². The molecule has 174 valence electrons. The minimum Gasteiger partial charge on any atom is -0.490 e. The van der Waals surface area contributed by atoms with Crippen molar-refractivity contribution < 1.29 is 33.3 Å². The second-order valence-corrected chi connectivity index (χ2v) is 7.86. The molecule has 1 atom stereocenters. The van der Waals surface area contributed by atoms with Gasteiger partial charge >= 0.3 is 5.97 Å². The van der Waals surface area contributed by atoms with Crippen LogP contribution in [0, 0.1) is 0 Å². The van der Waals surface area contributed by atoms with E-state index >= 15 is 0 Å². The second-order valence-electron chi connectivity index (χ2n) is 6.69. The zero-order valence-corrected chi connectivity index (χ0v) is 19.8. The number of amides is 1. The SMILES string of the molecule is CCOc1cc(C(=O)OC(C)C(=O)c2ccc(CNC(C)=O)s2)cc(OCC)c1OCC. The van der Waals surface area contributed by atoms with Crippen LogP contribution in [0.2, 0.25) is 0 Å². The molecule has 0 aliphatic rings. The number of hydrogen-bond acceptors (Lipinski definition) is 8. The van der Waals surface area contributed by atoms with Crippen molar-refractivity contribution in [3.8, 4) is 17.2 Å². The number of thiophene rings is 1. The molecule has 0 radical (unpaired) electrons. The number of Topliss-reactive ketones (excluding diaryl/α,β-unsaturated/α-hetero) is 1. The highest BCUT2D eigenvalue weighted by Crippen LogP contribution is 2.39. The number of carbonyl (C=O) groups is 3. The third kappa shape index (κ3) is 6.71. The summed E-state index contributed by atoms with van der Waals surface area (Å²) in [5, 5.41) is 2.68. The third-order valence-corrected chi connectivity index (χ3v) is 5.31. The number of nitrogens with one attached hydrogen (secondary N) is 1. The lowest BCUT2D eigenvalue weighted by Crippen LogP contribution is -2.24. The summed E-state index contributed by atoms with van der Waals surface area (Å²) in [6.45, 7) is 9.93. The lowest BCUT2D eigenvalue weighted by atomic mass is 10.1. The van der Waals surface area contributed by atoms with Crippen LogP contribution >= 0.6 is 11.3 Å². The molecule has 0 saturated heterocycles. The molecule has 0 fully saturated rings. The lowest BCUT2D eigenvalue weighted by molar-refractivity contribution is -0.119. The Balaban J connectivity index is 2.18. The molecule has 2 rings (SSSR count). The van der Waals surface area contributed by atoms with Crippen molar-refractivity contribution in [2.45, 2.75) is 47.3 Å². The van der Waals surface area contributed by atoms with E-state index in [2.05, 4.69) is 5.32 Å². The molecule has 0 aliphatic carbocycles. The number of hydrogen-bond donors (Lipinski definition) is 1. The van der Waals surface area contributed by atoms with Crippen molar-refractivity contribution in [2.75, 3.05) is 19.8 Å². The van der Waals surface area contributed by atoms with Crippen molar-refractivity contribution >= 4 is 29.0 Å². The number of ether oxygens (including phenoxy) is 4. The first kappa shape index (κ1) is 25.2. The fourth-order valence-corrected chi connectivity index (χ4v) is 3.77. The van der Waals surface area contributed by atoms with Crippen molar-refractivity contribution in [3.63, 3.8) is 0 Å². The molecule has 32 heavy (non-hydrogen) atoms. The van der Waals surface area contributed by atoms with Crippen molar-refractivity contribution in [1.82, 2.24) is 5.32 Å². The van der Waals surface area contributed by atoms with Gasteiger partial charge in [0.2, 0.25) is 17.4 Å². The first-order valence-corrected chi connectivity index (χ1v) is 11.3. The molecule has 0 saturated carbocycles. The zero-order chi connectivity index (χ0) is 23.7. The van der Waals surface area contributed by atoms with Gasteiger partial charge in [0.15, 0.2) is 17.6 Å². The van der Waals surface area contributed by atoms with Gasteiger partial charge in [-0.25, -0.2) is 4.79 Å². The van der Waals surface area contributed by atoms with E-state index in [9.17, 15) is 14.4 Å². The lowest BCUT2D eigenvalue weighted by Gasteiger charge is -2.17. The summed E-state index contributed by atoms with van der Waals surface area (Å²) in [6.07, 6.45) is -0.993. The number of ketones is 1. The Morgan fingerprint density at radius 3 is 2.09 bits per heavy atom. The quantitative estimate of drug-likeness (QED) is 0.375. The number of carbonyl (C=O) groups excluding carboxylic acids is 3. The van der Waals surface area contributed by atoms with Crippen molar-refractivity contribution in [2.24, 2.45) is 0 Å². The predicted octanol–water partition coefficient (Wildman–Crippen LogP) is 4.01. The summed E-state index contributed by atoms with van der Waals surface area (Å²) in [6, 6.07) is 6.46. The summed E-state index contributed by atoms with van der Waals surface area (Å²) in [4.78, 5) is 37.8. The van der Waals surface area contributed by atoms with E-state index in [0.717, 1.165) is 4.88 Å². The zero-order valence-electron chi connectivity index (χ0n) is 19.0. The Labute approximate surface area is 191 Å². The third-order valence-electron chi connectivity index (χ3n) is 4.21. The fraction of sp³-hybridized carbons (Fsp3) is 0.435. The van der Waals surface area contributed by atoms with Crippen LogP contribution in [0.5, 0.6) is 17.2 Å². The number of esters is 1. The minimum absolute atomic E-state index is 0.151. The highest BCUT2D eigenvalue weighted by molar-refractivity contribution is 7.14.